The summed E-state index contributed by atoms with van der Waals surface area (Å²) in [5.41, 5.74) is 15.8. The lowest BCUT2D eigenvalue weighted by Gasteiger charge is -2.41. The van der Waals surface area contributed by atoms with Crippen molar-refractivity contribution in [2.75, 3.05) is 9.80 Å². The van der Waals surface area contributed by atoms with Gasteiger partial charge in [-0.15, -0.1) is 0 Å². The smallest absolute Gasteiger partial charge is 0.102 e. The van der Waals surface area contributed by atoms with E-state index in [0.717, 1.165) is 34.4 Å². The van der Waals surface area contributed by atoms with Crippen LogP contribution in [0.3, 0.4) is 0 Å². The predicted molar refractivity (Wildman–Crippen MR) is 299 cm³/mol. The number of hydrogen-bond acceptors (Lipinski definition) is 4. The van der Waals surface area contributed by atoms with Gasteiger partial charge in [-0.2, -0.15) is 0 Å². The second-order valence-electron chi connectivity index (χ2n) is 21.6. The molecule has 0 radical (unpaired) electrons. The number of aromatic nitrogens is 2. The molecule has 0 N–H and O–H groups in total. The largest absolute Gasteiger partial charge is 0.322 e. The molecule has 70 heavy (non-hydrogen) atoms. The van der Waals surface area contributed by atoms with E-state index in [1.54, 1.807) is 0 Å². The molecule has 10 aromatic rings. The van der Waals surface area contributed by atoms with E-state index in [2.05, 4.69) is 270 Å². The Balaban J connectivity index is 0.972. The zero-order chi connectivity index (χ0) is 48.5. The number of fused-ring (bicyclic) bond motifs is 6. The first-order valence-electron chi connectivity index (χ1n) is 24.7. The molecule has 4 heterocycles. The zero-order valence-corrected chi connectivity index (χ0v) is 42.0. The number of rotatable bonds is 7. The van der Waals surface area contributed by atoms with Crippen molar-refractivity contribution < 1.29 is 0 Å². The van der Waals surface area contributed by atoms with Gasteiger partial charge in [0.05, 0.1) is 44.2 Å². The van der Waals surface area contributed by atoms with E-state index in [1.807, 2.05) is 0 Å². The van der Waals surface area contributed by atoms with Crippen LogP contribution in [0.4, 0.5) is 11.4 Å². The number of hydrogen-bond donors (Lipinski definition) is 0. The number of nitrogens with zero attached hydrogens (tertiary/aromatic N) is 6. The van der Waals surface area contributed by atoms with Crippen molar-refractivity contribution in [2.45, 2.75) is 91.4 Å². The third-order valence-corrected chi connectivity index (χ3v) is 16.5. The minimum Gasteiger partial charge on any atom is -0.322 e. The Morgan fingerprint density at radius 2 is 0.571 bits per heavy atom. The maximum absolute atomic E-state index is 5.04. The van der Waals surface area contributed by atoms with Crippen LogP contribution in [0.2, 0.25) is 0 Å². The molecule has 0 bridgehead atoms. The lowest BCUT2D eigenvalue weighted by molar-refractivity contribution is 0.338. The van der Waals surface area contributed by atoms with Gasteiger partial charge in [0.15, 0.2) is 0 Å². The van der Waals surface area contributed by atoms with Crippen molar-refractivity contribution in [2.24, 2.45) is 9.98 Å². The van der Waals surface area contributed by atoms with E-state index < -0.39 is 0 Å². The van der Waals surface area contributed by atoms with E-state index in [-0.39, 0.29) is 22.2 Å². The lowest BCUT2D eigenvalue weighted by Crippen LogP contribution is -2.52. The minimum atomic E-state index is -0.185. The molecule has 0 spiro atoms. The van der Waals surface area contributed by atoms with Crippen LogP contribution in [0, 0.1) is 0 Å². The van der Waals surface area contributed by atoms with Gasteiger partial charge in [-0.25, -0.2) is 0 Å². The molecule has 0 amide bonds. The molecule has 0 saturated heterocycles. The van der Waals surface area contributed by atoms with Gasteiger partial charge in [0, 0.05) is 44.3 Å². The molecule has 6 heteroatoms. The summed E-state index contributed by atoms with van der Waals surface area (Å²) in [6.07, 6.45) is 0. The first-order valence-corrected chi connectivity index (χ1v) is 24.7. The summed E-state index contributed by atoms with van der Waals surface area (Å²) >= 11 is 0. The Kier molecular flexibility index (Phi) is 9.59. The SMILES string of the molecule is CC1=NC(C)(C)C(C)(C)N1c1ccc(-c2ccc3c(c2)c2cc(-c4ccc5c(c4)c4cc(-c6ccc(N7C(C)=NC(C)(C)C7(C)C)cc6)ccc4n5-c4ccccc4)ccc2n3-c2ccccc2)cc1. The van der Waals surface area contributed by atoms with Crippen molar-refractivity contribution >= 4 is 66.7 Å². The molecule has 6 nitrogen and oxygen atoms in total. The highest BCUT2D eigenvalue weighted by molar-refractivity contribution is 6.14. The van der Waals surface area contributed by atoms with Crippen LogP contribution in [0.25, 0.3) is 88.4 Å². The number of aliphatic imine (C=N–C) groups is 2. The molecule has 0 unspecified atom stereocenters. The van der Waals surface area contributed by atoms with Gasteiger partial charge in [0.2, 0.25) is 0 Å². The normalized spacial score (nSPS) is 17.0. The van der Waals surface area contributed by atoms with Crippen molar-refractivity contribution in [3.05, 3.63) is 182 Å². The summed E-state index contributed by atoms with van der Waals surface area (Å²) in [5.74, 6) is 2.11. The Morgan fingerprint density at radius 1 is 0.300 bits per heavy atom. The van der Waals surface area contributed by atoms with Gasteiger partial charge < -0.3 is 18.9 Å². The van der Waals surface area contributed by atoms with Crippen molar-refractivity contribution in [1.29, 1.82) is 0 Å². The van der Waals surface area contributed by atoms with E-state index in [1.165, 1.54) is 77.0 Å². The van der Waals surface area contributed by atoms with Gasteiger partial charge in [-0.1, -0.05) is 84.9 Å². The fourth-order valence-electron chi connectivity index (χ4n) is 11.6. The van der Waals surface area contributed by atoms with Gasteiger partial charge in [-0.3, -0.25) is 9.98 Å². The molecule has 2 aliphatic heterocycles. The predicted octanol–water partition coefficient (Wildman–Crippen LogP) is 16.5. The van der Waals surface area contributed by atoms with Crippen LogP contribution >= 0.6 is 0 Å². The number of anilines is 2. The van der Waals surface area contributed by atoms with Crippen molar-refractivity contribution in [3.63, 3.8) is 0 Å². The molecule has 12 rings (SSSR count). The Hall–Kier alpha value is -7.70. The van der Waals surface area contributed by atoms with E-state index in [9.17, 15) is 0 Å². The molecule has 0 fully saturated rings. The average Bonchev–Trinajstić information content (AvgIpc) is 3.96. The van der Waals surface area contributed by atoms with Gasteiger partial charge in [0.1, 0.15) is 11.7 Å². The number of para-hydroxylation sites is 2. The quantitative estimate of drug-likeness (QED) is 0.160. The number of benzene rings is 8. The third kappa shape index (κ3) is 6.52. The van der Waals surface area contributed by atoms with Crippen LogP contribution in [0.1, 0.15) is 69.2 Å². The average molecular weight is 913 g/mol. The Bertz CT molecular complexity index is 3520. The summed E-state index contributed by atoms with van der Waals surface area (Å²) in [4.78, 5) is 14.9. The first-order chi connectivity index (χ1) is 33.5. The third-order valence-electron chi connectivity index (χ3n) is 16.5. The van der Waals surface area contributed by atoms with E-state index in [0.29, 0.717) is 0 Å². The highest BCUT2D eigenvalue weighted by atomic mass is 15.3. The van der Waals surface area contributed by atoms with Crippen molar-refractivity contribution in [1.82, 2.24) is 9.13 Å². The summed E-state index contributed by atoms with van der Waals surface area (Å²) in [5, 5.41) is 4.90. The van der Waals surface area contributed by atoms with Crippen LogP contribution < -0.4 is 9.80 Å². The summed E-state index contributed by atoms with van der Waals surface area (Å²) < 4.78 is 4.82. The fraction of sp³-hybridized carbons (Fsp3) is 0.219. The van der Waals surface area contributed by atoms with E-state index in [4.69, 9.17) is 9.98 Å². The van der Waals surface area contributed by atoms with Crippen LogP contribution in [-0.4, -0.2) is 43.0 Å². The van der Waals surface area contributed by atoms with E-state index >= 15 is 0 Å². The van der Waals surface area contributed by atoms with Crippen LogP contribution in [0.5, 0.6) is 0 Å². The summed E-state index contributed by atoms with van der Waals surface area (Å²) in [6.45, 7) is 22.3. The highest BCUT2D eigenvalue weighted by Crippen LogP contribution is 2.45. The van der Waals surface area contributed by atoms with Crippen LogP contribution in [0.15, 0.2) is 192 Å². The number of amidine groups is 2. The second kappa shape index (κ2) is 15.4. The van der Waals surface area contributed by atoms with Gasteiger partial charge in [-0.05, 0) is 200 Å². The molecule has 2 aliphatic rings. The molecule has 0 atom stereocenters. The van der Waals surface area contributed by atoms with Crippen molar-refractivity contribution in [3.8, 4) is 44.8 Å². The maximum atomic E-state index is 5.04. The van der Waals surface area contributed by atoms with Crippen LogP contribution in [-0.2, 0) is 0 Å². The molecular formula is C64H60N6. The monoisotopic (exact) mass is 912 g/mol. The Labute approximate surface area is 411 Å². The second-order valence-corrected chi connectivity index (χ2v) is 21.6. The molecule has 0 saturated carbocycles. The zero-order valence-electron chi connectivity index (χ0n) is 42.0. The van der Waals surface area contributed by atoms with Gasteiger partial charge >= 0.3 is 0 Å². The standard InChI is InChI=1S/C64H60N6/c1-41-65-61(3,4)63(7,8)69(41)51-29-21-43(22-30-51)45-25-33-57-53(37-45)55-39-47(27-35-59(55)67(57)49-17-13-11-14-18-49)48-28-36-60-56(40-48)54-38-46(26-34-58(54)68(60)50-19-15-12-16-20-50)44-23-31-52(32-24-44)70-42(2)66-62(5,6)64(70,9)10/h11-40H,1-10H3. The first kappa shape index (κ1) is 43.6. The van der Waals surface area contributed by atoms with Gasteiger partial charge in [0.25, 0.3) is 0 Å². The molecule has 0 aliphatic carbocycles. The minimum absolute atomic E-state index is 0.146. The highest BCUT2D eigenvalue weighted by Gasteiger charge is 2.49. The fourth-order valence-corrected chi connectivity index (χ4v) is 11.6. The molecular weight excluding hydrogens is 853 g/mol. The topological polar surface area (TPSA) is 41.1 Å². The molecule has 346 valence electrons. The summed E-state index contributed by atoms with van der Waals surface area (Å²) in [6, 6.07) is 67.5. The molecule has 8 aromatic carbocycles. The molecule has 2 aromatic heterocycles. The Morgan fingerprint density at radius 3 is 0.843 bits per heavy atom. The summed E-state index contributed by atoms with van der Waals surface area (Å²) in [7, 11) is 0. The maximum Gasteiger partial charge on any atom is 0.102 e. The lowest BCUT2D eigenvalue weighted by atomic mass is 9.83.